The number of carbonyl (C=O) groups is 2. The van der Waals surface area contributed by atoms with E-state index in [9.17, 15) is 24.8 Å². The van der Waals surface area contributed by atoms with Crippen molar-refractivity contribution in [3.8, 4) is 0 Å². The van der Waals surface area contributed by atoms with Crippen LogP contribution in [-0.2, 0) is 15.0 Å². The molecule has 7 nitrogen and oxygen atoms in total. The van der Waals surface area contributed by atoms with E-state index in [0.717, 1.165) is 0 Å². The number of amides is 1. The Kier molecular flexibility index (Phi) is 5.84. The lowest BCUT2D eigenvalue weighted by Crippen LogP contribution is -2.48. The summed E-state index contributed by atoms with van der Waals surface area (Å²) in [6.07, 6.45) is 0.331. The molecule has 2 N–H and O–H groups in total. The lowest BCUT2D eigenvalue weighted by molar-refractivity contribution is -0.384. The van der Waals surface area contributed by atoms with Crippen LogP contribution in [0.5, 0.6) is 0 Å². The Balaban J connectivity index is 2.94. The maximum absolute atomic E-state index is 12.5. The number of nitro benzene ring substituents is 1. The number of non-ortho nitro benzene ring substituents is 1. The fourth-order valence-corrected chi connectivity index (χ4v) is 2.16. The molecule has 1 aromatic carbocycles. The number of nitro groups is 1. The summed E-state index contributed by atoms with van der Waals surface area (Å²) < 4.78 is 0. The van der Waals surface area contributed by atoms with Crippen molar-refractivity contribution in [2.75, 3.05) is 0 Å². The van der Waals surface area contributed by atoms with Gasteiger partial charge in [-0.3, -0.25) is 14.9 Å². The number of carboxylic acids is 1. The summed E-state index contributed by atoms with van der Waals surface area (Å²) >= 11 is 0. The highest BCUT2D eigenvalue weighted by Crippen LogP contribution is 2.26. The second-order valence-electron chi connectivity index (χ2n) is 6.42. The molecule has 1 amide bonds. The third-order valence-electron chi connectivity index (χ3n) is 3.68. The molecule has 0 heterocycles. The van der Waals surface area contributed by atoms with Crippen LogP contribution in [0.15, 0.2) is 24.3 Å². The quantitative estimate of drug-likeness (QED) is 0.592. The van der Waals surface area contributed by atoms with Crippen molar-refractivity contribution in [1.29, 1.82) is 0 Å². The van der Waals surface area contributed by atoms with E-state index in [1.807, 2.05) is 13.8 Å². The zero-order valence-corrected chi connectivity index (χ0v) is 13.7. The average molecular weight is 322 g/mol. The van der Waals surface area contributed by atoms with Gasteiger partial charge in [-0.1, -0.05) is 26.0 Å². The Bertz CT molecular complexity index is 593. The Labute approximate surface area is 134 Å². The third-order valence-corrected chi connectivity index (χ3v) is 3.68. The molecule has 0 spiro atoms. The van der Waals surface area contributed by atoms with Crippen molar-refractivity contribution in [3.63, 3.8) is 0 Å². The number of benzene rings is 1. The molecule has 126 valence electrons. The molecule has 0 bridgehead atoms. The number of hydrogen-bond donors (Lipinski definition) is 2. The Morgan fingerprint density at radius 2 is 1.78 bits per heavy atom. The minimum Gasteiger partial charge on any atom is -0.480 e. The first kappa shape index (κ1) is 18.6. The van der Waals surface area contributed by atoms with Crippen LogP contribution in [0.3, 0.4) is 0 Å². The van der Waals surface area contributed by atoms with E-state index in [4.69, 9.17) is 0 Å². The molecule has 0 aliphatic rings. The summed E-state index contributed by atoms with van der Waals surface area (Å²) in [5.74, 6) is -1.38. The van der Waals surface area contributed by atoms with Crippen molar-refractivity contribution < 1.29 is 19.6 Å². The standard InChI is InChI=1S/C16H22N2O5/c1-10(2)9-13(14(19)20)17-15(21)16(3,4)11-5-7-12(8-6-11)18(22)23/h5-8,10,13H,9H2,1-4H3,(H,17,21)(H,19,20)/t13-/m1/s1. The van der Waals surface area contributed by atoms with Gasteiger partial charge in [-0.05, 0) is 31.7 Å². The molecule has 0 unspecified atom stereocenters. The minimum absolute atomic E-state index is 0.0619. The summed E-state index contributed by atoms with van der Waals surface area (Å²) in [6.45, 7) is 7.06. The van der Waals surface area contributed by atoms with E-state index >= 15 is 0 Å². The molecule has 23 heavy (non-hydrogen) atoms. The lowest BCUT2D eigenvalue weighted by Gasteiger charge is -2.27. The Hall–Kier alpha value is -2.44. The van der Waals surface area contributed by atoms with E-state index < -0.39 is 28.3 Å². The first-order valence-corrected chi connectivity index (χ1v) is 7.34. The van der Waals surface area contributed by atoms with Crippen molar-refractivity contribution in [2.24, 2.45) is 5.92 Å². The summed E-state index contributed by atoms with van der Waals surface area (Å²) in [7, 11) is 0. The second kappa shape index (κ2) is 7.21. The third kappa shape index (κ3) is 4.77. The Morgan fingerprint density at radius 3 is 2.17 bits per heavy atom. The van der Waals surface area contributed by atoms with Gasteiger partial charge >= 0.3 is 5.97 Å². The van der Waals surface area contributed by atoms with Gasteiger partial charge in [0.1, 0.15) is 6.04 Å². The van der Waals surface area contributed by atoms with Crippen molar-refractivity contribution >= 4 is 17.6 Å². The second-order valence-corrected chi connectivity index (χ2v) is 6.42. The highest BCUT2D eigenvalue weighted by atomic mass is 16.6. The average Bonchev–Trinajstić information content (AvgIpc) is 2.45. The molecule has 0 aliphatic carbocycles. The molecular formula is C16H22N2O5. The van der Waals surface area contributed by atoms with Crippen molar-refractivity contribution in [1.82, 2.24) is 5.32 Å². The topological polar surface area (TPSA) is 110 Å². The van der Waals surface area contributed by atoms with Gasteiger partial charge in [0, 0.05) is 12.1 Å². The number of hydrogen-bond acceptors (Lipinski definition) is 4. The van der Waals surface area contributed by atoms with Crippen LogP contribution in [0.1, 0.15) is 39.7 Å². The van der Waals surface area contributed by atoms with Gasteiger partial charge in [0.05, 0.1) is 10.3 Å². The fraction of sp³-hybridized carbons (Fsp3) is 0.500. The highest BCUT2D eigenvalue weighted by molar-refractivity contribution is 5.90. The molecule has 1 aromatic rings. The molecule has 0 radical (unpaired) electrons. The summed E-state index contributed by atoms with van der Waals surface area (Å²) in [5, 5.41) is 22.4. The van der Waals surface area contributed by atoms with E-state index in [2.05, 4.69) is 5.32 Å². The van der Waals surface area contributed by atoms with Gasteiger partial charge in [-0.15, -0.1) is 0 Å². The first-order valence-electron chi connectivity index (χ1n) is 7.34. The van der Waals surface area contributed by atoms with E-state index in [1.54, 1.807) is 13.8 Å². The number of nitrogens with zero attached hydrogens (tertiary/aromatic N) is 1. The number of rotatable bonds is 7. The zero-order valence-electron chi connectivity index (χ0n) is 13.7. The lowest BCUT2D eigenvalue weighted by atomic mass is 9.83. The van der Waals surface area contributed by atoms with Gasteiger partial charge in [0.25, 0.3) is 5.69 Å². The van der Waals surface area contributed by atoms with Gasteiger partial charge < -0.3 is 10.4 Å². The normalized spacial score (nSPS) is 12.7. The van der Waals surface area contributed by atoms with Crippen LogP contribution in [0.2, 0.25) is 0 Å². The summed E-state index contributed by atoms with van der Waals surface area (Å²) in [5.41, 5.74) is -0.484. The predicted molar refractivity (Wildman–Crippen MR) is 85.1 cm³/mol. The van der Waals surface area contributed by atoms with E-state index in [1.165, 1.54) is 24.3 Å². The van der Waals surface area contributed by atoms with Crippen molar-refractivity contribution in [3.05, 3.63) is 39.9 Å². The summed E-state index contributed by atoms with van der Waals surface area (Å²) in [4.78, 5) is 33.9. The highest BCUT2D eigenvalue weighted by Gasteiger charge is 2.33. The van der Waals surface area contributed by atoms with Gasteiger partial charge in [0.2, 0.25) is 5.91 Å². The van der Waals surface area contributed by atoms with Crippen LogP contribution < -0.4 is 5.32 Å². The van der Waals surface area contributed by atoms with Gasteiger partial charge in [0.15, 0.2) is 0 Å². The minimum atomic E-state index is -1.08. The SMILES string of the molecule is CC(C)C[C@@H](NC(=O)C(C)(C)c1ccc([N+](=O)[O-])cc1)C(=O)O. The monoisotopic (exact) mass is 322 g/mol. The molecule has 0 saturated carbocycles. The molecule has 0 saturated heterocycles. The van der Waals surface area contributed by atoms with Crippen LogP contribution in [-0.4, -0.2) is 27.9 Å². The molecule has 7 heteroatoms. The summed E-state index contributed by atoms with van der Waals surface area (Å²) in [6, 6.07) is 4.71. The number of carbonyl (C=O) groups excluding carboxylic acids is 1. The van der Waals surface area contributed by atoms with Crippen molar-refractivity contribution in [2.45, 2.75) is 45.6 Å². The number of nitrogens with one attached hydrogen (secondary N) is 1. The van der Waals surface area contributed by atoms with Crippen LogP contribution in [0.4, 0.5) is 5.69 Å². The maximum Gasteiger partial charge on any atom is 0.326 e. The predicted octanol–water partition coefficient (Wildman–Crippen LogP) is 2.49. The molecule has 0 fully saturated rings. The maximum atomic E-state index is 12.5. The van der Waals surface area contributed by atoms with Gasteiger partial charge in [-0.2, -0.15) is 0 Å². The Morgan fingerprint density at radius 1 is 1.26 bits per heavy atom. The molecule has 1 rings (SSSR count). The first-order chi connectivity index (χ1) is 10.6. The zero-order chi connectivity index (χ0) is 17.8. The largest absolute Gasteiger partial charge is 0.480 e. The number of aliphatic carboxylic acids is 1. The molecular weight excluding hydrogens is 300 g/mol. The smallest absolute Gasteiger partial charge is 0.326 e. The molecule has 0 aliphatic heterocycles. The molecule has 1 atom stereocenters. The van der Waals surface area contributed by atoms with Crippen LogP contribution in [0.25, 0.3) is 0 Å². The van der Waals surface area contributed by atoms with Crippen LogP contribution >= 0.6 is 0 Å². The molecule has 0 aromatic heterocycles. The van der Waals surface area contributed by atoms with E-state index in [0.29, 0.717) is 12.0 Å². The fourth-order valence-electron chi connectivity index (χ4n) is 2.16. The van der Waals surface area contributed by atoms with Gasteiger partial charge in [-0.25, -0.2) is 4.79 Å². The van der Waals surface area contributed by atoms with Crippen LogP contribution in [0, 0.1) is 16.0 Å². The number of carboxylic acid groups (broad SMARTS) is 1. The van der Waals surface area contributed by atoms with E-state index in [-0.39, 0.29) is 11.6 Å².